The van der Waals surface area contributed by atoms with Crippen molar-refractivity contribution in [2.75, 3.05) is 18.4 Å². The molecule has 156 valence electrons. The summed E-state index contributed by atoms with van der Waals surface area (Å²) >= 11 is 0. The van der Waals surface area contributed by atoms with Gasteiger partial charge in [-0.1, -0.05) is 36.4 Å². The smallest absolute Gasteiger partial charge is 0.254 e. The lowest BCUT2D eigenvalue weighted by atomic mass is 10.1. The molecule has 0 aliphatic rings. The van der Waals surface area contributed by atoms with Crippen LogP contribution in [0.1, 0.15) is 35.3 Å². The minimum absolute atomic E-state index is 0.132. The summed E-state index contributed by atoms with van der Waals surface area (Å²) in [7, 11) is 0. The summed E-state index contributed by atoms with van der Waals surface area (Å²) in [5.74, 6) is -0.470. The first-order valence-electron chi connectivity index (χ1n) is 10.1. The Labute approximate surface area is 176 Å². The standard InChI is InChI=1S/C24H27N3O3/c1-5-26(6-2)24(30)19-14-22(29)27(20-13-8-7-12-18(19)20)15-21(28)25-23-16(3)10-9-11-17(23)4/h7-14H,5-6,15H2,1-4H3,(H,25,28). The number of carbonyl (C=O) groups excluding carboxylic acids is 2. The highest BCUT2D eigenvalue weighted by molar-refractivity contribution is 6.06. The fraction of sp³-hybridized carbons (Fsp3) is 0.292. The number of nitrogens with one attached hydrogen (secondary N) is 1. The third-order valence-electron chi connectivity index (χ3n) is 5.35. The van der Waals surface area contributed by atoms with Crippen LogP contribution in [0.2, 0.25) is 0 Å². The lowest BCUT2D eigenvalue weighted by Crippen LogP contribution is -2.33. The Hall–Kier alpha value is -3.41. The Bertz CT molecular complexity index is 1140. The highest BCUT2D eigenvalue weighted by atomic mass is 16.2. The normalized spacial score (nSPS) is 10.8. The maximum absolute atomic E-state index is 12.9. The molecule has 1 N–H and O–H groups in total. The van der Waals surface area contributed by atoms with Crippen LogP contribution in [-0.2, 0) is 11.3 Å². The van der Waals surface area contributed by atoms with Crippen molar-refractivity contribution in [3.63, 3.8) is 0 Å². The molecule has 0 radical (unpaired) electrons. The van der Waals surface area contributed by atoms with Gasteiger partial charge in [-0.2, -0.15) is 0 Å². The molecule has 0 aliphatic carbocycles. The van der Waals surface area contributed by atoms with Crippen molar-refractivity contribution in [2.45, 2.75) is 34.2 Å². The highest BCUT2D eigenvalue weighted by Crippen LogP contribution is 2.21. The van der Waals surface area contributed by atoms with E-state index in [0.29, 0.717) is 29.6 Å². The molecule has 0 spiro atoms. The Morgan fingerprint density at radius 3 is 2.23 bits per heavy atom. The zero-order valence-electron chi connectivity index (χ0n) is 17.9. The van der Waals surface area contributed by atoms with E-state index in [1.807, 2.05) is 58.0 Å². The second-order valence-corrected chi connectivity index (χ2v) is 7.29. The predicted octanol–water partition coefficient (Wildman–Crippen LogP) is 3.74. The van der Waals surface area contributed by atoms with Crippen LogP contribution < -0.4 is 10.9 Å². The van der Waals surface area contributed by atoms with Crippen LogP contribution in [0, 0.1) is 13.8 Å². The van der Waals surface area contributed by atoms with Gasteiger partial charge in [0.15, 0.2) is 0 Å². The molecule has 3 aromatic rings. The van der Waals surface area contributed by atoms with E-state index in [9.17, 15) is 14.4 Å². The summed E-state index contributed by atoms with van der Waals surface area (Å²) < 4.78 is 1.41. The first kappa shape index (κ1) is 21.3. The van der Waals surface area contributed by atoms with Gasteiger partial charge in [0, 0.05) is 30.2 Å². The highest BCUT2D eigenvalue weighted by Gasteiger charge is 2.19. The maximum Gasteiger partial charge on any atom is 0.254 e. The summed E-state index contributed by atoms with van der Waals surface area (Å²) in [6.07, 6.45) is 0. The van der Waals surface area contributed by atoms with Crippen LogP contribution in [0.3, 0.4) is 0 Å². The number of amides is 2. The van der Waals surface area contributed by atoms with Crippen molar-refractivity contribution in [3.05, 3.63) is 75.6 Å². The average Bonchev–Trinajstić information content (AvgIpc) is 2.73. The first-order chi connectivity index (χ1) is 14.4. The van der Waals surface area contributed by atoms with Crippen LogP contribution in [-0.4, -0.2) is 34.4 Å². The van der Waals surface area contributed by atoms with Gasteiger partial charge in [-0.15, -0.1) is 0 Å². The summed E-state index contributed by atoms with van der Waals surface area (Å²) in [6.45, 7) is 8.66. The first-order valence-corrected chi connectivity index (χ1v) is 10.1. The molecule has 3 rings (SSSR count). The third kappa shape index (κ3) is 4.13. The van der Waals surface area contributed by atoms with Gasteiger partial charge in [0.2, 0.25) is 5.91 Å². The Morgan fingerprint density at radius 2 is 1.60 bits per heavy atom. The predicted molar refractivity (Wildman–Crippen MR) is 120 cm³/mol. The molecule has 1 aromatic heterocycles. The van der Waals surface area contributed by atoms with Gasteiger partial charge in [-0.25, -0.2) is 0 Å². The minimum Gasteiger partial charge on any atom is -0.339 e. The van der Waals surface area contributed by atoms with Crippen molar-refractivity contribution < 1.29 is 9.59 Å². The van der Waals surface area contributed by atoms with E-state index in [1.165, 1.54) is 10.6 Å². The molecular formula is C24H27N3O3. The topological polar surface area (TPSA) is 71.4 Å². The van der Waals surface area contributed by atoms with Gasteiger partial charge in [0.25, 0.3) is 11.5 Å². The van der Waals surface area contributed by atoms with Gasteiger partial charge in [-0.05, 0) is 44.9 Å². The number of para-hydroxylation sites is 2. The Balaban J connectivity index is 2.01. The molecule has 0 saturated heterocycles. The lowest BCUT2D eigenvalue weighted by molar-refractivity contribution is -0.116. The Kier molecular flexibility index (Phi) is 6.35. The second kappa shape index (κ2) is 8.95. The summed E-state index contributed by atoms with van der Waals surface area (Å²) in [4.78, 5) is 40.2. The fourth-order valence-corrected chi connectivity index (χ4v) is 3.69. The number of pyridine rings is 1. The Morgan fingerprint density at radius 1 is 0.967 bits per heavy atom. The molecular weight excluding hydrogens is 378 g/mol. The number of benzene rings is 2. The number of aromatic nitrogens is 1. The van der Waals surface area contributed by atoms with Gasteiger partial charge in [-0.3, -0.25) is 19.0 Å². The van der Waals surface area contributed by atoms with Gasteiger partial charge in [0.05, 0.1) is 11.1 Å². The van der Waals surface area contributed by atoms with Crippen LogP contribution in [0.25, 0.3) is 10.9 Å². The molecule has 6 heteroatoms. The zero-order chi connectivity index (χ0) is 21.8. The largest absolute Gasteiger partial charge is 0.339 e. The molecule has 0 bridgehead atoms. The van der Waals surface area contributed by atoms with E-state index in [-0.39, 0.29) is 23.9 Å². The number of fused-ring (bicyclic) bond motifs is 1. The molecule has 2 aromatic carbocycles. The van der Waals surface area contributed by atoms with Crippen molar-refractivity contribution in [1.82, 2.24) is 9.47 Å². The summed E-state index contributed by atoms with van der Waals surface area (Å²) in [6, 6.07) is 14.3. The zero-order valence-corrected chi connectivity index (χ0v) is 17.9. The van der Waals surface area contributed by atoms with Crippen molar-refractivity contribution >= 4 is 28.4 Å². The molecule has 0 unspecified atom stereocenters. The van der Waals surface area contributed by atoms with Gasteiger partial charge in [0.1, 0.15) is 6.54 Å². The molecule has 1 heterocycles. The number of nitrogens with zero attached hydrogens (tertiary/aromatic N) is 2. The van der Waals surface area contributed by atoms with E-state index in [1.54, 1.807) is 17.0 Å². The minimum atomic E-state index is -0.374. The molecule has 2 amide bonds. The van der Waals surface area contributed by atoms with Crippen LogP contribution in [0.4, 0.5) is 5.69 Å². The van der Waals surface area contributed by atoms with E-state index in [0.717, 1.165) is 16.8 Å². The second-order valence-electron chi connectivity index (χ2n) is 7.29. The van der Waals surface area contributed by atoms with Gasteiger partial charge >= 0.3 is 0 Å². The molecule has 0 fully saturated rings. The van der Waals surface area contributed by atoms with Crippen molar-refractivity contribution in [2.24, 2.45) is 0 Å². The van der Waals surface area contributed by atoms with Crippen molar-refractivity contribution in [3.8, 4) is 0 Å². The number of anilines is 1. The van der Waals surface area contributed by atoms with Crippen LogP contribution >= 0.6 is 0 Å². The van der Waals surface area contributed by atoms with Crippen molar-refractivity contribution in [1.29, 1.82) is 0 Å². The van der Waals surface area contributed by atoms with E-state index in [2.05, 4.69) is 5.32 Å². The van der Waals surface area contributed by atoms with E-state index < -0.39 is 0 Å². The quantitative estimate of drug-likeness (QED) is 0.679. The summed E-state index contributed by atoms with van der Waals surface area (Å²) in [5.41, 5.74) is 3.23. The van der Waals surface area contributed by atoms with Crippen LogP contribution in [0.15, 0.2) is 53.3 Å². The lowest BCUT2D eigenvalue weighted by Gasteiger charge is -2.20. The summed E-state index contributed by atoms with van der Waals surface area (Å²) in [5, 5.41) is 3.58. The molecule has 0 saturated carbocycles. The SMILES string of the molecule is CCN(CC)C(=O)c1cc(=O)n(CC(=O)Nc2c(C)cccc2C)c2ccccc12. The number of aryl methyl sites for hydroxylation is 2. The monoisotopic (exact) mass is 405 g/mol. The maximum atomic E-state index is 12.9. The molecule has 6 nitrogen and oxygen atoms in total. The molecule has 30 heavy (non-hydrogen) atoms. The number of hydrogen-bond acceptors (Lipinski definition) is 3. The van der Waals surface area contributed by atoms with E-state index in [4.69, 9.17) is 0 Å². The van der Waals surface area contributed by atoms with E-state index >= 15 is 0 Å². The fourth-order valence-electron chi connectivity index (χ4n) is 3.69. The molecule has 0 aliphatic heterocycles. The average molecular weight is 405 g/mol. The number of carbonyl (C=O) groups is 2. The molecule has 0 atom stereocenters. The van der Waals surface area contributed by atoms with Crippen LogP contribution in [0.5, 0.6) is 0 Å². The number of hydrogen-bond donors (Lipinski definition) is 1. The third-order valence-corrected chi connectivity index (χ3v) is 5.35. The number of rotatable bonds is 6. The van der Waals surface area contributed by atoms with Gasteiger partial charge < -0.3 is 10.2 Å².